The number of nitrogens with zero attached hydrogens (tertiary/aromatic N) is 1. The van der Waals surface area contributed by atoms with Gasteiger partial charge in [-0.1, -0.05) is 70.4 Å². The van der Waals surface area contributed by atoms with Crippen LogP contribution in [0.5, 0.6) is 0 Å². The molecular weight excluding hydrogens is 454 g/mol. The smallest absolute Gasteiger partial charge is 0.408 e. The summed E-state index contributed by atoms with van der Waals surface area (Å²) >= 11 is 0. The SMILES string of the molecule is C#CN(C(=O)C(CC(C)C)NC(=O)OC(C)(C)C)C(C(=O)NC1CCCCC1)c1cccc(C=C)c1. The van der Waals surface area contributed by atoms with Crippen molar-refractivity contribution < 1.29 is 19.1 Å². The van der Waals surface area contributed by atoms with Crippen LogP contribution in [0.1, 0.15) is 90.3 Å². The normalized spacial score (nSPS) is 15.8. The van der Waals surface area contributed by atoms with E-state index in [1.165, 1.54) is 0 Å². The van der Waals surface area contributed by atoms with Crippen LogP contribution in [0, 0.1) is 18.4 Å². The molecular formula is C29H41N3O4. The Balaban J connectivity index is 2.41. The molecule has 1 saturated carbocycles. The summed E-state index contributed by atoms with van der Waals surface area (Å²) in [6.07, 6.45) is 12.2. The van der Waals surface area contributed by atoms with Crippen LogP contribution < -0.4 is 10.6 Å². The Morgan fingerprint density at radius 3 is 2.44 bits per heavy atom. The van der Waals surface area contributed by atoms with Crippen LogP contribution >= 0.6 is 0 Å². The molecule has 3 amide bonds. The molecule has 7 heteroatoms. The number of hydrogen-bond acceptors (Lipinski definition) is 4. The Kier molecular flexibility index (Phi) is 10.6. The maximum Gasteiger partial charge on any atom is 0.408 e. The first-order valence-electron chi connectivity index (χ1n) is 12.8. The van der Waals surface area contributed by atoms with Crippen molar-refractivity contribution in [1.82, 2.24) is 15.5 Å². The van der Waals surface area contributed by atoms with E-state index in [4.69, 9.17) is 11.2 Å². The fourth-order valence-corrected chi connectivity index (χ4v) is 4.38. The molecule has 0 heterocycles. The van der Waals surface area contributed by atoms with Crippen LogP contribution in [-0.2, 0) is 14.3 Å². The molecule has 196 valence electrons. The maximum atomic E-state index is 13.8. The van der Waals surface area contributed by atoms with Crippen LogP contribution in [0.25, 0.3) is 6.08 Å². The summed E-state index contributed by atoms with van der Waals surface area (Å²) in [4.78, 5) is 41.1. The summed E-state index contributed by atoms with van der Waals surface area (Å²) in [5, 5.41) is 5.78. The number of hydrogen-bond donors (Lipinski definition) is 2. The van der Waals surface area contributed by atoms with E-state index in [0.29, 0.717) is 12.0 Å². The molecule has 7 nitrogen and oxygen atoms in total. The van der Waals surface area contributed by atoms with Gasteiger partial charge < -0.3 is 15.4 Å². The van der Waals surface area contributed by atoms with Crippen molar-refractivity contribution in [2.75, 3.05) is 0 Å². The van der Waals surface area contributed by atoms with E-state index < -0.39 is 29.7 Å². The van der Waals surface area contributed by atoms with E-state index in [1.807, 2.05) is 19.9 Å². The van der Waals surface area contributed by atoms with Crippen LogP contribution in [-0.4, -0.2) is 40.5 Å². The van der Waals surface area contributed by atoms with E-state index in [9.17, 15) is 14.4 Å². The molecule has 0 aliphatic heterocycles. The quantitative estimate of drug-likeness (QED) is 0.365. The molecule has 2 rings (SSSR count). The molecule has 2 atom stereocenters. The third kappa shape index (κ3) is 8.75. The fraction of sp³-hybridized carbons (Fsp3) is 0.552. The first-order chi connectivity index (χ1) is 16.9. The third-order valence-corrected chi connectivity index (χ3v) is 5.99. The van der Waals surface area contributed by atoms with E-state index in [-0.39, 0.29) is 17.9 Å². The number of alkyl carbamates (subject to hydrolysis) is 1. The first-order valence-corrected chi connectivity index (χ1v) is 12.8. The molecule has 36 heavy (non-hydrogen) atoms. The van der Waals surface area contributed by atoms with Gasteiger partial charge in [-0.3, -0.25) is 14.5 Å². The highest BCUT2D eigenvalue weighted by atomic mass is 16.6. The van der Waals surface area contributed by atoms with Crippen LogP contribution in [0.15, 0.2) is 30.8 Å². The lowest BCUT2D eigenvalue weighted by Crippen LogP contribution is -2.52. The highest BCUT2D eigenvalue weighted by molar-refractivity contribution is 5.93. The second-order valence-electron chi connectivity index (χ2n) is 10.8. The number of carbonyl (C=O) groups is 3. The summed E-state index contributed by atoms with van der Waals surface area (Å²) in [6, 6.07) is 7.70. The topological polar surface area (TPSA) is 87.7 Å². The molecule has 1 aromatic rings. The van der Waals surface area contributed by atoms with E-state index in [2.05, 4.69) is 23.3 Å². The summed E-state index contributed by atoms with van der Waals surface area (Å²) < 4.78 is 5.37. The molecule has 1 aliphatic rings. The van der Waals surface area contributed by atoms with Crippen LogP contribution in [0.2, 0.25) is 0 Å². The molecule has 0 spiro atoms. The van der Waals surface area contributed by atoms with Gasteiger partial charge in [0.15, 0.2) is 0 Å². The Bertz CT molecular complexity index is 967. The van der Waals surface area contributed by atoms with Crippen LogP contribution in [0.4, 0.5) is 4.79 Å². The van der Waals surface area contributed by atoms with Gasteiger partial charge in [0.25, 0.3) is 5.91 Å². The summed E-state index contributed by atoms with van der Waals surface area (Å²) in [5.41, 5.74) is 0.653. The lowest BCUT2D eigenvalue weighted by atomic mass is 9.94. The average Bonchev–Trinajstić information content (AvgIpc) is 2.80. The van der Waals surface area contributed by atoms with Gasteiger partial charge in [0, 0.05) is 12.1 Å². The number of benzene rings is 1. The third-order valence-electron chi connectivity index (χ3n) is 5.99. The Labute approximate surface area is 216 Å². The number of amides is 3. The summed E-state index contributed by atoms with van der Waals surface area (Å²) in [6.45, 7) is 12.9. The van der Waals surface area contributed by atoms with Crippen molar-refractivity contribution >= 4 is 24.0 Å². The van der Waals surface area contributed by atoms with Crippen LogP contribution in [0.3, 0.4) is 0 Å². The number of rotatable bonds is 9. The Morgan fingerprint density at radius 1 is 1.22 bits per heavy atom. The zero-order valence-corrected chi connectivity index (χ0v) is 22.3. The second-order valence-corrected chi connectivity index (χ2v) is 10.8. The van der Waals surface area contributed by atoms with Gasteiger partial charge in [-0.2, -0.15) is 0 Å². The van der Waals surface area contributed by atoms with Gasteiger partial charge in [-0.15, -0.1) is 0 Å². The molecule has 1 fully saturated rings. The monoisotopic (exact) mass is 495 g/mol. The van der Waals surface area contributed by atoms with E-state index in [1.54, 1.807) is 45.0 Å². The van der Waals surface area contributed by atoms with Crippen molar-refractivity contribution in [1.29, 1.82) is 0 Å². The zero-order valence-electron chi connectivity index (χ0n) is 22.3. The van der Waals surface area contributed by atoms with Crippen molar-refractivity contribution in [2.24, 2.45) is 5.92 Å². The molecule has 2 unspecified atom stereocenters. The van der Waals surface area contributed by atoms with Gasteiger partial charge >= 0.3 is 6.09 Å². The Hall–Kier alpha value is -3.27. The summed E-state index contributed by atoms with van der Waals surface area (Å²) in [5.74, 6) is -0.799. The number of nitrogens with one attached hydrogen (secondary N) is 2. The fourth-order valence-electron chi connectivity index (χ4n) is 4.38. The number of terminal acetylenes is 1. The van der Waals surface area contributed by atoms with Crippen molar-refractivity contribution in [3.05, 3.63) is 42.0 Å². The molecule has 0 bridgehead atoms. The number of carbonyl (C=O) groups excluding carboxylic acids is 3. The first kappa shape index (κ1) is 29.0. The Morgan fingerprint density at radius 2 is 1.89 bits per heavy atom. The minimum absolute atomic E-state index is 0.0393. The highest BCUT2D eigenvalue weighted by Crippen LogP contribution is 2.26. The van der Waals surface area contributed by atoms with E-state index in [0.717, 1.165) is 42.6 Å². The second kappa shape index (κ2) is 13.2. The van der Waals surface area contributed by atoms with Crippen molar-refractivity contribution in [2.45, 2.75) is 96.9 Å². The minimum atomic E-state index is -1.06. The average molecular weight is 496 g/mol. The highest BCUT2D eigenvalue weighted by Gasteiger charge is 2.37. The van der Waals surface area contributed by atoms with E-state index >= 15 is 0 Å². The molecule has 0 radical (unpaired) electrons. The maximum absolute atomic E-state index is 13.8. The van der Waals surface area contributed by atoms with Gasteiger partial charge in [-0.25, -0.2) is 4.79 Å². The molecule has 1 aromatic carbocycles. The standard InChI is InChI=1S/C29H41N3O4/c1-8-21-14-13-15-22(19-21)25(26(33)30-23-16-11-10-12-17-23)32(9-2)27(34)24(18-20(3)4)31-28(35)36-29(5,6)7/h2,8,13-15,19-20,23-25H,1,10-12,16-18H2,3-7H3,(H,30,33)(H,31,35). The minimum Gasteiger partial charge on any atom is -0.444 e. The van der Waals surface area contributed by atoms with Gasteiger partial charge in [0.2, 0.25) is 5.91 Å². The lowest BCUT2D eigenvalue weighted by Gasteiger charge is -2.32. The molecule has 0 aromatic heterocycles. The predicted octanol–water partition coefficient (Wildman–Crippen LogP) is 5.18. The summed E-state index contributed by atoms with van der Waals surface area (Å²) in [7, 11) is 0. The molecule has 0 saturated heterocycles. The van der Waals surface area contributed by atoms with Gasteiger partial charge in [0.05, 0.1) is 0 Å². The van der Waals surface area contributed by atoms with Crippen molar-refractivity contribution in [3.8, 4) is 12.5 Å². The van der Waals surface area contributed by atoms with Gasteiger partial charge in [0.1, 0.15) is 17.7 Å². The number of ether oxygens (including phenoxy) is 1. The zero-order chi connectivity index (χ0) is 26.9. The largest absolute Gasteiger partial charge is 0.444 e. The van der Waals surface area contributed by atoms with Crippen molar-refractivity contribution in [3.63, 3.8) is 0 Å². The molecule has 1 aliphatic carbocycles. The van der Waals surface area contributed by atoms with Gasteiger partial charge in [-0.05, 0) is 63.1 Å². The predicted molar refractivity (Wildman–Crippen MR) is 143 cm³/mol. The lowest BCUT2D eigenvalue weighted by molar-refractivity contribution is -0.139. The molecule has 2 N–H and O–H groups in total.